The number of carbonyl (C=O) groups is 2. The van der Waals surface area contributed by atoms with E-state index in [9.17, 15) is 9.59 Å². The third-order valence-corrected chi connectivity index (χ3v) is 5.40. The minimum Gasteiger partial charge on any atom is -0.497 e. The highest BCUT2D eigenvalue weighted by Gasteiger charge is 2.34. The molecule has 1 aliphatic rings. The van der Waals surface area contributed by atoms with Crippen LogP contribution < -0.4 is 24.8 Å². The quantitative estimate of drug-likeness (QED) is 0.614. The number of hydrogen-bond donors (Lipinski definition) is 2. The normalized spacial score (nSPS) is 14.9. The molecule has 9 heteroatoms. The molecular weight excluding hydrogens is 412 g/mol. The molecule has 0 fully saturated rings. The molecule has 0 saturated heterocycles. The van der Waals surface area contributed by atoms with E-state index in [4.69, 9.17) is 14.2 Å². The number of anilines is 2. The summed E-state index contributed by atoms with van der Waals surface area (Å²) in [6, 6.07) is 11.7. The van der Waals surface area contributed by atoms with Crippen molar-refractivity contribution < 1.29 is 23.8 Å². The Hall–Kier alpha value is -4.01. The smallest absolute Gasteiger partial charge is 0.249 e. The lowest BCUT2D eigenvalue weighted by Crippen LogP contribution is -2.35. The highest BCUT2D eigenvalue weighted by Crippen LogP contribution is 2.35. The number of fused-ring (bicyclic) bond motifs is 1. The van der Waals surface area contributed by atoms with Crippen LogP contribution in [0.1, 0.15) is 18.0 Å². The van der Waals surface area contributed by atoms with E-state index in [-0.39, 0.29) is 18.2 Å². The van der Waals surface area contributed by atoms with Crippen LogP contribution in [-0.2, 0) is 9.59 Å². The Morgan fingerprint density at radius 3 is 2.44 bits per heavy atom. The summed E-state index contributed by atoms with van der Waals surface area (Å²) in [5.74, 6) is 1.70. The van der Waals surface area contributed by atoms with E-state index < -0.39 is 6.04 Å². The third kappa shape index (κ3) is 3.84. The van der Waals surface area contributed by atoms with Crippen LogP contribution in [0.15, 0.2) is 42.5 Å². The molecule has 2 aromatic carbocycles. The standard InChI is InChI=1S/C23H24N4O5/c1-13-21(14-5-8-16(30-2)9-6-14)26-27-17(12-20(28)25-22(13)27)23(29)24-15-7-10-18(31-3)19(11-15)32-4/h5-11,17H,12H2,1-4H3,(H,24,29)(H,25,28)/t17-/m0/s1. The number of methoxy groups -OCH3 is 3. The van der Waals surface area contributed by atoms with Crippen LogP contribution in [0.4, 0.5) is 11.5 Å². The molecule has 1 aliphatic heterocycles. The number of nitrogens with one attached hydrogen (secondary N) is 2. The first kappa shape index (κ1) is 21.2. The zero-order valence-electron chi connectivity index (χ0n) is 18.3. The molecule has 4 rings (SSSR count). The number of nitrogens with zero attached hydrogens (tertiary/aromatic N) is 2. The van der Waals surface area contributed by atoms with E-state index in [0.717, 1.165) is 16.9 Å². The van der Waals surface area contributed by atoms with Gasteiger partial charge >= 0.3 is 0 Å². The number of amides is 2. The summed E-state index contributed by atoms with van der Waals surface area (Å²) in [4.78, 5) is 25.5. The van der Waals surface area contributed by atoms with E-state index in [0.29, 0.717) is 28.7 Å². The second kappa shape index (κ2) is 8.62. The molecular formula is C23H24N4O5. The Morgan fingerprint density at radius 2 is 1.78 bits per heavy atom. The minimum absolute atomic E-state index is 0.0186. The van der Waals surface area contributed by atoms with E-state index in [1.165, 1.54) is 7.11 Å². The Kier molecular flexibility index (Phi) is 5.72. The van der Waals surface area contributed by atoms with Gasteiger partial charge in [0.25, 0.3) is 0 Å². The van der Waals surface area contributed by atoms with Crippen LogP contribution in [0.3, 0.4) is 0 Å². The van der Waals surface area contributed by atoms with Gasteiger partial charge in [-0.15, -0.1) is 0 Å². The number of hydrogen-bond acceptors (Lipinski definition) is 6. The van der Waals surface area contributed by atoms with Crippen molar-refractivity contribution in [2.75, 3.05) is 32.0 Å². The lowest BCUT2D eigenvalue weighted by molar-refractivity contribution is -0.125. The number of benzene rings is 2. The summed E-state index contributed by atoms with van der Waals surface area (Å²) in [6.45, 7) is 1.87. The Labute approximate surface area is 185 Å². The SMILES string of the molecule is COc1ccc(-c2nn3c(c2C)NC(=O)C[C@H]3C(=O)Nc2ccc(OC)c(OC)c2)cc1. The van der Waals surface area contributed by atoms with Crippen molar-refractivity contribution in [3.63, 3.8) is 0 Å². The molecule has 0 saturated carbocycles. The lowest BCUT2D eigenvalue weighted by atomic mass is 10.1. The maximum absolute atomic E-state index is 13.1. The number of ether oxygens (including phenoxy) is 3. The molecule has 2 amide bonds. The first-order chi connectivity index (χ1) is 15.4. The summed E-state index contributed by atoms with van der Waals surface area (Å²) in [6.07, 6.45) is -0.0186. The second-order valence-electron chi connectivity index (χ2n) is 7.32. The summed E-state index contributed by atoms with van der Waals surface area (Å²) < 4.78 is 17.3. The fourth-order valence-electron chi connectivity index (χ4n) is 3.70. The van der Waals surface area contributed by atoms with Gasteiger partial charge in [0.05, 0.1) is 33.4 Å². The maximum Gasteiger partial charge on any atom is 0.249 e. The summed E-state index contributed by atoms with van der Waals surface area (Å²) in [7, 11) is 4.67. The molecule has 32 heavy (non-hydrogen) atoms. The predicted octanol–water partition coefficient (Wildman–Crippen LogP) is 3.41. The van der Waals surface area contributed by atoms with Crippen molar-refractivity contribution in [1.82, 2.24) is 9.78 Å². The molecule has 9 nitrogen and oxygen atoms in total. The molecule has 0 unspecified atom stereocenters. The number of aromatic nitrogens is 2. The lowest BCUT2D eigenvalue weighted by Gasteiger charge is -2.24. The van der Waals surface area contributed by atoms with Gasteiger partial charge in [-0.25, -0.2) is 4.68 Å². The van der Waals surface area contributed by atoms with Gasteiger partial charge in [0.15, 0.2) is 11.5 Å². The van der Waals surface area contributed by atoms with E-state index in [2.05, 4.69) is 15.7 Å². The van der Waals surface area contributed by atoms with Gasteiger partial charge in [-0.1, -0.05) is 0 Å². The van der Waals surface area contributed by atoms with Crippen molar-refractivity contribution in [3.8, 4) is 28.5 Å². The van der Waals surface area contributed by atoms with Crippen molar-refractivity contribution in [1.29, 1.82) is 0 Å². The predicted molar refractivity (Wildman–Crippen MR) is 119 cm³/mol. The molecule has 3 aromatic rings. The van der Waals surface area contributed by atoms with Crippen molar-refractivity contribution in [3.05, 3.63) is 48.0 Å². The monoisotopic (exact) mass is 436 g/mol. The van der Waals surface area contributed by atoms with Crippen LogP contribution in [0, 0.1) is 6.92 Å². The van der Waals surface area contributed by atoms with Gasteiger partial charge < -0.3 is 24.8 Å². The van der Waals surface area contributed by atoms with E-state index >= 15 is 0 Å². The number of carbonyl (C=O) groups excluding carboxylic acids is 2. The zero-order chi connectivity index (χ0) is 22.8. The summed E-state index contributed by atoms with van der Waals surface area (Å²) in [5.41, 5.74) is 2.86. The largest absolute Gasteiger partial charge is 0.497 e. The van der Waals surface area contributed by atoms with Crippen molar-refractivity contribution in [2.45, 2.75) is 19.4 Å². The highest BCUT2D eigenvalue weighted by molar-refractivity contribution is 6.02. The molecule has 166 valence electrons. The molecule has 1 atom stereocenters. The first-order valence-corrected chi connectivity index (χ1v) is 10.0. The van der Waals surface area contributed by atoms with Crippen molar-refractivity contribution in [2.24, 2.45) is 0 Å². The Bertz CT molecular complexity index is 1170. The fourth-order valence-corrected chi connectivity index (χ4v) is 3.70. The van der Waals surface area contributed by atoms with Gasteiger partial charge in [0.1, 0.15) is 17.6 Å². The van der Waals surface area contributed by atoms with E-state index in [1.807, 2.05) is 31.2 Å². The second-order valence-corrected chi connectivity index (χ2v) is 7.32. The molecule has 0 radical (unpaired) electrons. The zero-order valence-corrected chi connectivity index (χ0v) is 18.3. The van der Waals surface area contributed by atoms with Crippen LogP contribution in [0.2, 0.25) is 0 Å². The summed E-state index contributed by atoms with van der Waals surface area (Å²) in [5, 5.41) is 10.4. The Morgan fingerprint density at radius 1 is 1.06 bits per heavy atom. The van der Waals surface area contributed by atoms with E-state index in [1.54, 1.807) is 37.1 Å². The van der Waals surface area contributed by atoms with Crippen LogP contribution in [-0.4, -0.2) is 42.9 Å². The van der Waals surface area contributed by atoms with Crippen LogP contribution in [0.5, 0.6) is 17.2 Å². The average Bonchev–Trinajstić information content (AvgIpc) is 3.14. The molecule has 0 aliphatic carbocycles. The fraction of sp³-hybridized carbons (Fsp3) is 0.261. The van der Waals surface area contributed by atoms with Gasteiger partial charge in [0, 0.05) is 22.9 Å². The molecule has 2 heterocycles. The minimum atomic E-state index is -0.794. The van der Waals surface area contributed by atoms with Crippen LogP contribution >= 0.6 is 0 Å². The molecule has 0 bridgehead atoms. The topological polar surface area (TPSA) is 104 Å². The Balaban J connectivity index is 1.65. The summed E-state index contributed by atoms with van der Waals surface area (Å²) >= 11 is 0. The first-order valence-electron chi connectivity index (χ1n) is 10.0. The van der Waals surface area contributed by atoms with Gasteiger partial charge in [-0.2, -0.15) is 5.10 Å². The van der Waals surface area contributed by atoms with Crippen LogP contribution in [0.25, 0.3) is 11.3 Å². The maximum atomic E-state index is 13.1. The highest BCUT2D eigenvalue weighted by atomic mass is 16.5. The number of rotatable bonds is 6. The molecule has 2 N–H and O–H groups in total. The van der Waals surface area contributed by atoms with Gasteiger partial charge in [0.2, 0.25) is 11.8 Å². The van der Waals surface area contributed by atoms with Crippen molar-refractivity contribution >= 4 is 23.3 Å². The molecule has 1 aromatic heterocycles. The average molecular weight is 436 g/mol. The van der Waals surface area contributed by atoms with Gasteiger partial charge in [-0.05, 0) is 43.3 Å². The van der Waals surface area contributed by atoms with Gasteiger partial charge in [-0.3, -0.25) is 9.59 Å². The third-order valence-electron chi connectivity index (χ3n) is 5.40. The molecule has 0 spiro atoms.